The molecule has 0 amide bonds. The molecule has 1 fully saturated rings. The number of hydrogen-bond acceptors (Lipinski definition) is 2. The molecular weight excluding hydrogens is 184 g/mol. The first-order valence-electron chi connectivity index (χ1n) is 5.91. The third kappa shape index (κ3) is 2.80. The molecule has 2 heteroatoms. The van der Waals surface area contributed by atoms with Gasteiger partial charge in [0.2, 0.25) is 0 Å². The molecule has 2 nitrogen and oxygen atoms in total. The highest BCUT2D eigenvalue weighted by Crippen LogP contribution is 2.16. The minimum absolute atomic E-state index is 0.508. The van der Waals surface area contributed by atoms with Gasteiger partial charge in [-0.2, -0.15) is 0 Å². The highest BCUT2D eigenvalue weighted by Gasteiger charge is 2.17. The normalized spacial score (nSPS) is 23.7. The van der Waals surface area contributed by atoms with Crippen molar-refractivity contribution in [3.63, 3.8) is 0 Å². The van der Waals surface area contributed by atoms with E-state index in [4.69, 9.17) is 0 Å². The lowest BCUT2D eigenvalue weighted by Crippen LogP contribution is -2.31. The highest BCUT2D eigenvalue weighted by atomic mass is 15.2. The molecule has 1 saturated heterocycles. The van der Waals surface area contributed by atoms with E-state index >= 15 is 0 Å². The van der Waals surface area contributed by atoms with Crippen LogP contribution in [-0.2, 0) is 0 Å². The van der Waals surface area contributed by atoms with Crippen molar-refractivity contribution in [2.75, 3.05) is 26.2 Å². The van der Waals surface area contributed by atoms with E-state index in [9.17, 15) is 0 Å². The zero-order valence-corrected chi connectivity index (χ0v) is 9.45. The summed E-state index contributed by atoms with van der Waals surface area (Å²) in [6.45, 7) is 6.90. The summed E-state index contributed by atoms with van der Waals surface area (Å²) in [6, 6.07) is 11.3. The molecule has 0 spiro atoms. The first kappa shape index (κ1) is 10.7. The molecular formula is C13H20N2. The molecule has 0 radical (unpaired) electrons. The van der Waals surface area contributed by atoms with Gasteiger partial charge in [-0.3, -0.25) is 0 Å². The minimum atomic E-state index is 0.508. The standard InChI is InChI=1S/C13H20N2/c1-2-15-10-6-9-14-13(11-15)12-7-4-3-5-8-12/h3-5,7-8,13-14H,2,6,9-11H2,1H3. The Kier molecular flexibility index (Phi) is 3.75. The first-order valence-corrected chi connectivity index (χ1v) is 5.91. The van der Waals surface area contributed by atoms with Gasteiger partial charge in [-0.1, -0.05) is 37.3 Å². The van der Waals surface area contributed by atoms with Crippen LogP contribution in [0.15, 0.2) is 30.3 Å². The summed E-state index contributed by atoms with van der Waals surface area (Å²) in [7, 11) is 0. The molecule has 15 heavy (non-hydrogen) atoms. The summed E-state index contributed by atoms with van der Waals surface area (Å²) in [4.78, 5) is 2.53. The largest absolute Gasteiger partial charge is 0.309 e. The van der Waals surface area contributed by atoms with E-state index in [2.05, 4.69) is 47.5 Å². The number of nitrogens with one attached hydrogen (secondary N) is 1. The van der Waals surface area contributed by atoms with Crippen LogP contribution in [0.4, 0.5) is 0 Å². The van der Waals surface area contributed by atoms with Gasteiger partial charge in [0.15, 0.2) is 0 Å². The molecule has 0 saturated carbocycles. The van der Waals surface area contributed by atoms with Gasteiger partial charge in [0, 0.05) is 12.6 Å². The molecule has 1 aliphatic rings. The topological polar surface area (TPSA) is 15.3 Å². The molecule has 0 aromatic heterocycles. The molecule has 1 N–H and O–H groups in total. The molecule has 1 aromatic rings. The van der Waals surface area contributed by atoms with Gasteiger partial charge < -0.3 is 10.2 Å². The average molecular weight is 204 g/mol. The fraction of sp³-hybridized carbons (Fsp3) is 0.538. The molecule has 2 rings (SSSR count). The molecule has 0 bridgehead atoms. The first-order chi connectivity index (χ1) is 7.40. The summed E-state index contributed by atoms with van der Waals surface area (Å²) in [6.07, 6.45) is 1.26. The van der Waals surface area contributed by atoms with Crippen LogP contribution in [0.1, 0.15) is 24.9 Å². The third-order valence-electron chi connectivity index (χ3n) is 3.13. The lowest BCUT2D eigenvalue weighted by atomic mass is 10.1. The fourth-order valence-electron chi connectivity index (χ4n) is 2.19. The summed E-state index contributed by atoms with van der Waals surface area (Å²) >= 11 is 0. The quantitative estimate of drug-likeness (QED) is 0.793. The Labute approximate surface area is 92.3 Å². The van der Waals surface area contributed by atoms with Gasteiger partial charge >= 0.3 is 0 Å². The minimum Gasteiger partial charge on any atom is -0.309 e. The van der Waals surface area contributed by atoms with Crippen molar-refractivity contribution >= 4 is 0 Å². The maximum atomic E-state index is 3.62. The Morgan fingerprint density at radius 2 is 2.13 bits per heavy atom. The molecule has 1 aliphatic heterocycles. The van der Waals surface area contributed by atoms with Crippen molar-refractivity contribution in [1.82, 2.24) is 10.2 Å². The van der Waals surface area contributed by atoms with Gasteiger partial charge in [0.25, 0.3) is 0 Å². The summed E-state index contributed by atoms with van der Waals surface area (Å²) in [5.74, 6) is 0. The van der Waals surface area contributed by atoms with Crippen molar-refractivity contribution in [3.05, 3.63) is 35.9 Å². The van der Waals surface area contributed by atoms with Crippen LogP contribution in [0.25, 0.3) is 0 Å². The van der Waals surface area contributed by atoms with Gasteiger partial charge in [-0.25, -0.2) is 0 Å². The van der Waals surface area contributed by atoms with E-state index in [0.29, 0.717) is 6.04 Å². The molecule has 1 heterocycles. The van der Waals surface area contributed by atoms with Gasteiger partial charge in [0.05, 0.1) is 0 Å². The predicted octanol–water partition coefficient (Wildman–Crippen LogP) is 2.04. The van der Waals surface area contributed by atoms with Crippen molar-refractivity contribution in [2.45, 2.75) is 19.4 Å². The van der Waals surface area contributed by atoms with E-state index in [0.717, 1.165) is 19.6 Å². The number of nitrogens with zero attached hydrogens (tertiary/aromatic N) is 1. The average Bonchev–Trinajstić information content (AvgIpc) is 2.55. The Morgan fingerprint density at radius 3 is 2.87 bits per heavy atom. The van der Waals surface area contributed by atoms with Crippen LogP contribution in [0.5, 0.6) is 0 Å². The lowest BCUT2D eigenvalue weighted by molar-refractivity contribution is 0.283. The Bertz CT molecular complexity index is 284. The maximum Gasteiger partial charge on any atom is 0.0449 e. The van der Waals surface area contributed by atoms with Crippen LogP contribution < -0.4 is 5.32 Å². The summed E-state index contributed by atoms with van der Waals surface area (Å²) < 4.78 is 0. The molecule has 1 aromatic carbocycles. The Morgan fingerprint density at radius 1 is 1.33 bits per heavy atom. The number of likely N-dealkylation sites (N-methyl/N-ethyl adjacent to an activating group) is 1. The van der Waals surface area contributed by atoms with E-state index in [1.807, 2.05) is 0 Å². The van der Waals surface area contributed by atoms with Crippen molar-refractivity contribution in [1.29, 1.82) is 0 Å². The Balaban J connectivity index is 2.07. The van der Waals surface area contributed by atoms with Gasteiger partial charge in [0.1, 0.15) is 0 Å². The molecule has 1 unspecified atom stereocenters. The van der Waals surface area contributed by atoms with Crippen molar-refractivity contribution in [3.8, 4) is 0 Å². The van der Waals surface area contributed by atoms with E-state index in [-0.39, 0.29) is 0 Å². The second kappa shape index (κ2) is 5.29. The summed E-state index contributed by atoms with van der Waals surface area (Å²) in [5.41, 5.74) is 1.41. The smallest absolute Gasteiger partial charge is 0.0449 e. The predicted molar refractivity (Wildman–Crippen MR) is 63.9 cm³/mol. The van der Waals surface area contributed by atoms with Gasteiger partial charge in [-0.15, -0.1) is 0 Å². The Hall–Kier alpha value is -0.860. The fourth-order valence-corrected chi connectivity index (χ4v) is 2.19. The van der Waals surface area contributed by atoms with Crippen LogP contribution >= 0.6 is 0 Å². The van der Waals surface area contributed by atoms with E-state index < -0.39 is 0 Å². The zero-order valence-electron chi connectivity index (χ0n) is 9.45. The second-order valence-electron chi connectivity index (χ2n) is 4.16. The lowest BCUT2D eigenvalue weighted by Gasteiger charge is -2.23. The second-order valence-corrected chi connectivity index (χ2v) is 4.16. The summed E-state index contributed by atoms with van der Waals surface area (Å²) in [5, 5.41) is 3.62. The van der Waals surface area contributed by atoms with Crippen LogP contribution in [0.3, 0.4) is 0 Å². The monoisotopic (exact) mass is 204 g/mol. The molecule has 1 atom stereocenters. The van der Waals surface area contributed by atoms with Crippen molar-refractivity contribution < 1.29 is 0 Å². The van der Waals surface area contributed by atoms with Crippen LogP contribution in [0.2, 0.25) is 0 Å². The van der Waals surface area contributed by atoms with Crippen LogP contribution in [-0.4, -0.2) is 31.1 Å². The number of rotatable bonds is 2. The zero-order chi connectivity index (χ0) is 10.5. The highest BCUT2D eigenvalue weighted by molar-refractivity contribution is 5.19. The number of hydrogen-bond donors (Lipinski definition) is 1. The molecule has 82 valence electrons. The van der Waals surface area contributed by atoms with Crippen molar-refractivity contribution in [2.24, 2.45) is 0 Å². The third-order valence-corrected chi connectivity index (χ3v) is 3.13. The maximum absolute atomic E-state index is 3.62. The van der Waals surface area contributed by atoms with Crippen LogP contribution in [0, 0.1) is 0 Å². The number of benzene rings is 1. The molecule has 0 aliphatic carbocycles. The van der Waals surface area contributed by atoms with E-state index in [1.54, 1.807) is 0 Å². The van der Waals surface area contributed by atoms with E-state index in [1.165, 1.54) is 18.5 Å². The SMILES string of the molecule is CCN1CCCNC(c2ccccc2)C1. The van der Waals surface area contributed by atoms with Gasteiger partial charge in [-0.05, 0) is 31.6 Å².